The first-order valence-electron chi connectivity index (χ1n) is 15.0. The normalized spacial score (nSPS) is 36.5. The molecular formula is C27H31FN8O10P2. The highest BCUT2D eigenvalue weighted by Crippen LogP contribution is 2.66. The number of anilines is 1. The fraction of sp³-hybridized carbons (Fsp3) is 0.519. The Hall–Kier alpha value is -3.38. The van der Waals surface area contributed by atoms with E-state index in [1.807, 2.05) is 0 Å². The molecular weight excluding hydrogens is 677 g/mol. The summed E-state index contributed by atoms with van der Waals surface area (Å²) in [6, 6.07) is 0. The van der Waals surface area contributed by atoms with Crippen LogP contribution in [-0.4, -0.2) is 82.8 Å². The summed E-state index contributed by atoms with van der Waals surface area (Å²) in [6.07, 6.45) is 1.22. The Balaban J connectivity index is 1.15. The topological polar surface area (TPSA) is 219 Å². The zero-order valence-corrected chi connectivity index (χ0v) is 27.4. The van der Waals surface area contributed by atoms with Gasteiger partial charge in [0.15, 0.2) is 29.2 Å². The van der Waals surface area contributed by atoms with Crippen molar-refractivity contribution in [3.05, 3.63) is 54.0 Å². The van der Waals surface area contributed by atoms with Crippen LogP contribution in [0, 0.1) is 17.2 Å². The highest BCUT2D eigenvalue weighted by molar-refractivity contribution is 7.53. The highest BCUT2D eigenvalue weighted by Gasteiger charge is 2.67. The molecule has 4 fully saturated rings. The molecule has 9 atom stereocenters. The molecule has 1 saturated carbocycles. The van der Waals surface area contributed by atoms with E-state index in [-0.39, 0.29) is 23.5 Å². The van der Waals surface area contributed by atoms with Gasteiger partial charge in [0.2, 0.25) is 0 Å². The number of aromatic nitrogens is 7. The predicted molar refractivity (Wildman–Crippen MR) is 163 cm³/mol. The van der Waals surface area contributed by atoms with E-state index < -0.39 is 81.6 Å². The first-order chi connectivity index (χ1) is 22.8. The molecule has 8 rings (SSSR count). The molecule has 7 heterocycles. The Labute approximate surface area is 270 Å². The smallest absolute Gasteiger partial charge is 0.382 e. The van der Waals surface area contributed by atoms with Crippen molar-refractivity contribution in [3.8, 4) is 0 Å². The van der Waals surface area contributed by atoms with Gasteiger partial charge in [-0.1, -0.05) is 6.08 Å². The van der Waals surface area contributed by atoms with Gasteiger partial charge >= 0.3 is 15.4 Å². The van der Waals surface area contributed by atoms with Gasteiger partial charge in [0, 0.05) is 25.3 Å². The van der Waals surface area contributed by atoms with Crippen LogP contribution in [0.5, 0.6) is 0 Å². The van der Waals surface area contributed by atoms with Crippen LogP contribution in [0.3, 0.4) is 0 Å². The van der Waals surface area contributed by atoms with E-state index in [4.69, 9.17) is 33.3 Å². The highest BCUT2D eigenvalue weighted by atomic mass is 31.2. The summed E-state index contributed by atoms with van der Waals surface area (Å²) < 4.78 is 82.7. The summed E-state index contributed by atoms with van der Waals surface area (Å²) in [5, 5.41) is -0.285. The maximum absolute atomic E-state index is 15.2. The summed E-state index contributed by atoms with van der Waals surface area (Å²) in [5.41, 5.74) is 5.07. The summed E-state index contributed by atoms with van der Waals surface area (Å²) in [4.78, 5) is 40.6. The lowest BCUT2D eigenvalue weighted by molar-refractivity contribution is -0.0633. The summed E-state index contributed by atoms with van der Waals surface area (Å²) >= 11 is 0. The van der Waals surface area contributed by atoms with Crippen molar-refractivity contribution in [2.24, 2.45) is 18.4 Å². The number of fused-ring (bicyclic) bond motifs is 3. The molecule has 2 unspecified atom stereocenters. The van der Waals surface area contributed by atoms with E-state index >= 15 is 4.39 Å². The first kappa shape index (κ1) is 31.9. The molecule has 3 aliphatic heterocycles. The number of halogens is 1. The molecule has 18 nitrogen and oxygen atoms in total. The van der Waals surface area contributed by atoms with Gasteiger partial charge < -0.3 is 38.3 Å². The van der Waals surface area contributed by atoms with E-state index in [0.717, 1.165) is 10.8 Å². The number of nitrogens with zero attached hydrogens (tertiary/aromatic N) is 7. The molecule has 1 aliphatic carbocycles. The SMILES string of the molecule is C=C[C@@H]1[C@@H]2OP(C)(=O)OC[C@H]3O[C@@H](n4cc(F)c5c(=O)n(C)cnc54)[C@H](OP(=O)(O)OC[C@H]2O[C@H]1n1cnc2c(N)ncnc21)C31CC1. The van der Waals surface area contributed by atoms with Crippen LogP contribution in [-0.2, 0) is 43.7 Å². The van der Waals surface area contributed by atoms with Crippen LogP contribution in [0.25, 0.3) is 22.2 Å². The lowest BCUT2D eigenvalue weighted by Gasteiger charge is -2.27. The largest absolute Gasteiger partial charge is 0.472 e. The zero-order valence-electron chi connectivity index (χ0n) is 25.6. The van der Waals surface area contributed by atoms with Crippen molar-refractivity contribution in [2.45, 2.75) is 49.7 Å². The number of imidazole rings is 1. The minimum absolute atomic E-state index is 0.0476. The molecule has 21 heteroatoms. The molecule has 256 valence electrons. The number of hydrogen-bond donors (Lipinski definition) is 2. The van der Waals surface area contributed by atoms with E-state index in [1.165, 1.54) is 43.3 Å². The number of ether oxygens (including phenoxy) is 2. The van der Waals surface area contributed by atoms with Gasteiger partial charge in [0.25, 0.3) is 5.56 Å². The minimum atomic E-state index is -4.90. The first-order valence-corrected chi connectivity index (χ1v) is 18.5. The van der Waals surface area contributed by atoms with Crippen LogP contribution >= 0.6 is 15.4 Å². The Kier molecular flexibility index (Phi) is 7.34. The zero-order chi connectivity index (χ0) is 33.7. The third-order valence-electron chi connectivity index (χ3n) is 9.46. The Morgan fingerprint density at radius 3 is 2.60 bits per heavy atom. The fourth-order valence-corrected chi connectivity index (χ4v) is 9.11. The molecule has 4 aromatic rings. The number of phosphoric ester groups is 1. The standard InChI is InChI=1S/C27H31FN8O10P2/c1-4-13-19-15(43-25(13)36-12-32-18-21(29)30-10-31-23(18)36)8-42-48(39,40)46-20-26(35-7-14(28)17-22(35)33-11-34(2)24(17)37)44-16(27(20)5-6-27)9-41-47(3,38)45-19/h4,7,10-13,15-16,19-20,25-26H,1,5-6,8-9H2,2-3H3,(H,39,40)(H2,29,30,31)/t13-,15-,16-,19+,20+,25-,26-,47?/m1/s1. The summed E-state index contributed by atoms with van der Waals surface area (Å²) in [5.74, 6) is -1.40. The van der Waals surface area contributed by atoms with Crippen LogP contribution < -0.4 is 11.3 Å². The lowest BCUT2D eigenvalue weighted by atomic mass is 9.95. The maximum atomic E-state index is 15.2. The van der Waals surface area contributed by atoms with Crippen LogP contribution in [0.15, 0.2) is 42.6 Å². The van der Waals surface area contributed by atoms with Gasteiger partial charge in [-0.05, 0) is 12.8 Å². The average Bonchev–Trinajstić information content (AvgIpc) is 3.28. The monoisotopic (exact) mass is 708 g/mol. The van der Waals surface area contributed by atoms with Crippen molar-refractivity contribution in [3.63, 3.8) is 0 Å². The number of phosphoric acid groups is 1. The third kappa shape index (κ3) is 4.99. The number of rotatable bonds is 3. The summed E-state index contributed by atoms with van der Waals surface area (Å²) in [7, 11) is -7.36. The van der Waals surface area contributed by atoms with E-state index in [2.05, 4.69) is 26.5 Å². The van der Waals surface area contributed by atoms with Crippen LogP contribution in [0.2, 0.25) is 0 Å². The average molecular weight is 709 g/mol. The molecule has 4 aliphatic rings. The molecule has 2 bridgehead atoms. The minimum Gasteiger partial charge on any atom is -0.382 e. The molecule has 3 N–H and O–H groups in total. The van der Waals surface area contributed by atoms with Crippen molar-refractivity contribution in [1.82, 2.24) is 33.6 Å². The third-order valence-corrected chi connectivity index (χ3v) is 11.7. The number of hydrogen-bond acceptors (Lipinski definition) is 14. The van der Waals surface area contributed by atoms with Crippen molar-refractivity contribution >= 4 is 43.4 Å². The van der Waals surface area contributed by atoms with Crippen molar-refractivity contribution in [1.29, 1.82) is 0 Å². The van der Waals surface area contributed by atoms with Crippen LogP contribution in [0.1, 0.15) is 25.3 Å². The molecule has 48 heavy (non-hydrogen) atoms. The van der Waals surface area contributed by atoms with E-state index in [1.54, 1.807) is 4.57 Å². The second-order valence-electron chi connectivity index (χ2n) is 12.4. The van der Waals surface area contributed by atoms with Gasteiger partial charge in [0.05, 0.1) is 37.9 Å². The van der Waals surface area contributed by atoms with Gasteiger partial charge in [-0.3, -0.25) is 23.0 Å². The second kappa shape index (κ2) is 11.1. The Bertz CT molecular complexity index is 2120. The second-order valence-corrected chi connectivity index (χ2v) is 15.8. The summed E-state index contributed by atoms with van der Waals surface area (Å²) in [6.45, 7) is 4.40. The van der Waals surface area contributed by atoms with E-state index in [0.29, 0.717) is 24.0 Å². The fourth-order valence-electron chi connectivity index (χ4n) is 6.93. The number of nitrogen functional groups attached to an aromatic ring is 1. The van der Waals surface area contributed by atoms with Gasteiger partial charge in [-0.2, -0.15) is 0 Å². The van der Waals surface area contributed by atoms with Gasteiger partial charge in [-0.15, -0.1) is 6.58 Å². The number of nitrogens with two attached hydrogens (primary N) is 1. The number of aryl methyl sites for hydroxylation is 1. The molecule has 0 amide bonds. The molecule has 0 aromatic carbocycles. The predicted octanol–water partition coefficient (Wildman–Crippen LogP) is 2.41. The van der Waals surface area contributed by atoms with Gasteiger partial charge in [0.1, 0.15) is 41.8 Å². The quantitative estimate of drug-likeness (QED) is 0.231. The van der Waals surface area contributed by atoms with Crippen molar-refractivity contribution < 1.29 is 46.0 Å². The maximum Gasteiger partial charge on any atom is 0.472 e. The molecule has 1 spiro atoms. The Morgan fingerprint density at radius 2 is 1.85 bits per heavy atom. The molecule has 4 aromatic heterocycles. The van der Waals surface area contributed by atoms with Gasteiger partial charge in [-0.25, -0.2) is 28.9 Å². The Morgan fingerprint density at radius 1 is 1.06 bits per heavy atom. The van der Waals surface area contributed by atoms with E-state index in [9.17, 15) is 18.8 Å². The molecule has 0 radical (unpaired) electrons. The molecule has 3 saturated heterocycles. The van der Waals surface area contributed by atoms with Crippen molar-refractivity contribution in [2.75, 3.05) is 25.6 Å². The lowest BCUT2D eigenvalue weighted by Crippen LogP contribution is -2.33. The van der Waals surface area contributed by atoms with Crippen LogP contribution in [0.4, 0.5) is 10.2 Å².